The first kappa shape index (κ1) is 20.1. The predicted octanol–water partition coefficient (Wildman–Crippen LogP) is 3.08. The predicted molar refractivity (Wildman–Crippen MR) is 99.6 cm³/mol. The zero-order valence-corrected chi connectivity index (χ0v) is 16.4. The summed E-state index contributed by atoms with van der Waals surface area (Å²) >= 11 is 0. The van der Waals surface area contributed by atoms with Gasteiger partial charge >= 0.3 is 5.97 Å². The van der Waals surface area contributed by atoms with Crippen molar-refractivity contribution in [3.63, 3.8) is 0 Å². The number of sulfonamides is 1. The number of imidazole rings is 1. The Balaban J connectivity index is 1.92. The highest BCUT2D eigenvalue weighted by Gasteiger charge is 2.25. The van der Waals surface area contributed by atoms with Crippen LogP contribution in [0.1, 0.15) is 48.3 Å². The molecule has 0 amide bonds. The van der Waals surface area contributed by atoms with Crippen molar-refractivity contribution in [1.29, 1.82) is 0 Å². The summed E-state index contributed by atoms with van der Waals surface area (Å²) < 4.78 is 48.8. The minimum absolute atomic E-state index is 0.177. The summed E-state index contributed by atoms with van der Waals surface area (Å²) in [4.78, 5) is 15.5. The average Bonchev–Trinajstić information content (AvgIpc) is 2.97. The van der Waals surface area contributed by atoms with E-state index in [2.05, 4.69) is 9.71 Å². The Bertz CT molecular complexity index is 977. The minimum atomic E-state index is -4.18. The third-order valence-electron chi connectivity index (χ3n) is 4.75. The summed E-state index contributed by atoms with van der Waals surface area (Å²) in [5.41, 5.74) is -0.785. The molecule has 1 aromatic carbocycles. The van der Waals surface area contributed by atoms with Gasteiger partial charge in [0.05, 0.1) is 17.4 Å². The van der Waals surface area contributed by atoms with E-state index in [0.717, 1.165) is 44.2 Å². The number of rotatable bonds is 6. The molecule has 0 aliphatic heterocycles. The van der Waals surface area contributed by atoms with Gasteiger partial charge in [0.1, 0.15) is 5.82 Å². The molecule has 0 unspecified atom stereocenters. The standard InChI is InChI=1S/C18H22FN3O5S/c1-11-20-17(10-22(11)2)28(25,26)21-15-9-14(19)16(8-13(15)18(23)24)27-12-6-4-3-5-7-12/h8-10,12,21H,3-7H2,1-2H3,(H,23,24). The van der Waals surface area contributed by atoms with E-state index < -0.39 is 27.4 Å². The summed E-state index contributed by atoms with van der Waals surface area (Å²) in [7, 11) is -2.55. The van der Waals surface area contributed by atoms with Gasteiger partial charge in [-0.2, -0.15) is 8.42 Å². The SMILES string of the molecule is Cc1nc(S(=O)(=O)Nc2cc(F)c(OC3CCCCC3)cc2C(=O)O)cn1C. The Morgan fingerprint density at radius 1 is 1.32 bits per heavy atom. The number of carboxylic acids is 1. The van der Waals surface area contributed by atoms with Crippen LogP contribution in [-0.4, -0.2) is 35.1 Å². The van der Waals surface area contributed by atoms with Gasteiger partial charge in [0, 0.05) is 19.3 Å². The molecule has 1 heterocycles. The molecule has 10 heteroatoms. The van der Waals surface area contributed by atoms with Crippen molar-refractivity contribution in [3.05, 3.63) is 35.5 Å². The molecule has 0 radical (unpaired) electrons. The number of nitrogens with zero attached hydrogens (tertiary/aromatic N) is 2. The second kappa shape index (κ2) is 7.78. The molecule has 0 saturated heterocycles. The fourth-order valence-corrected chi connectivity index (χ4v) is 4.23. The van der Waals surface area contributed by atoms with Crippen LogP contribution in [0, 0.1) is 12.7 Å². The lowest BCUT2D eigenvalue weighted by atomic mass is 9.98. The zero-order valence-electron chi connectivity index (χ0n) is 15.6. The van der Waals surface area contributed by atoms with Gasteiger partial charge in [-0.1, -0.05) is 6.42 Å². The Morgan fingerprint density at radius 3 is 2.57 bits per heavy atom. The lowest BCUT2D eigenvalue weighted by Gasteiger charge is -2.23. The van der Waals surface area contributed by atoms with E-state index in [1.165, 1.54) is 10.8 Å². The largest absolute Gasteiger partial charge is 0.487 e. The first-order valence-electron chi connectivity index (χ1n) is 8.93. The lowest BCUT2D eigenvalue weighted by Crippen LogP contribution is -2.21. The number of aromatic nitrogens is 2. The van der Waals surface area contributed by atoms with Crippen LogP contribution < -0.4 is 9.46 Å². The van der Waals surface area contributed by atoms with Crippen molar-refractivity contribution in [3.8, 4) is 5.75 Å². The Hall–Kier alpha value is -2.62. The van der Waals surface area contributed by atoms with Crippen molar-refractivity contribution >= 4 is 21.7 Å². The number of anilines is 1. The van der Waals surface area contributed by atoms with Gasteiger partial charge in [-0.05, 0) is 38.7 Å². The summed E-state index contributed by atoms with van der Waals surface area (Å²) in [6, 6.07) is 1.85. The number of carboxylic acid groups (broad SMARTS) is 1. The summed E-state index contributed by atoms with van der Waals surface area (Å²) in [6.07, 6.45) is 5.69. The molecule has 8 nitrogen and oxygen atoms in total. The van der Waals surface area contributed by atoms with Crippen molar-refractivity contribution in [1.82, 2.24) is 9.55 Å². The van der Waals surface area contributed by atoms with E-state index in [1.54, 1.807) is 14.0 Å². The fourth-order valence-electron chi connectivity index (χ4n) is 3.12. The maximum absolute atomic E-state index is 14.5. The van der Waals surface area contributed by atoms with Crippen LogP contribution in [0.25, 0.3) is 0 Å². The van der Waals surface area contributed by atoms with Crippen molar-refractivity contribution in [2.24, 2.45) is 7.05 Å². The van der Waals surface area contributed by atoms with Crippen LogP contribution in [0.4, 0.5) is 10.1 Å². The van der Waals surface area contributed by atoms with Crippen LogP contribution in [0.15, 0.2) is 23.4 Å². The highest BCUT2D eigenvalue weighted by molar-refractivity contribution is 7.92. The zero-order chi connectivity index (χ0) is 20.5. The first-order chi connectivity index (χ1) is 13.2. The van der Waals surface area contributed by atoms with E-state index >= 15 is 0 Å². The van der Waals surface area contributed by atoms with Gasteiger partial charge in [0.25, 0.3) is 10.0 Å². The number of benzene rings is 1. The number of carbonyl (C=O) groups is 1. The number of aryl methyl sites for hydroxylation is 2. The van der Waals surface area contributed by atoms with Crippen LogP contribution in [0.5, 0.6) is 5.75 Å². The van der Waals surface area contributed by atoms with Crippen molar-refractivity contribution in [2.75, 3.05) is 4.72 Å². The number of aromatic carboxylic acids is 1. The normalized spacial score (nSPS) is 15.4. The van der Waals surface area contributed by atoms with E-state index in [0.29, 0.717) is 5.82 Å². The monoisotopic (exact) mass is 411 g/mol. The highest BCUT2D eigenvalue weighted by Crippen LogP contribution is 2.31. The molecule has 1 saturated carbocycles. The number of hydrogen-bond acceptors (Lipinski definition) is 5. The molecule has 2 aromatic rings. The van der Waals surface area contributed by atoms with Crippen LogP contribution >= 0.6 is 0 Å². The maximum Gasteiger partial charge on any atom is 0.337 e. The molecule has 0 atom stereocenters. The molecular weight excluding hydrogens is 389 g/mol. The quantitative estimate of drug-likeness (QED) is 0.756. The van der Waals surface area contributed by atoms with E-state index in [9.17, 15) is 22.7 Å². The third-order valence-corrected chi connectivity index (χ3v) is 5.99. The van der Waals surface area contributed by atoms with Gasteiger partial charge in [-0.25, -0.2) is 14.2 Å². The molecule has 1 aliphatic rings. The van der Waals surface area contributed by atoms with Crippen molar-refractivity contribution < 1.29 is 27.4 Å². The second-order valence-corrected chi connectivity index (χ2v) is 8.48. The molecule has 1 fully saturated rings. The van der Waals surface area contributed by atoms with Crippen LogP contribution in [0.2, 0.25) is 0 Å². The Kier molecular flexibility index (Phi) is 5.59. The topological polar surface area (TPSA) is 111 Å². The molecule has 1 aromatic heterocycles. The molecule has 2 N–H and O–H groups in total. The van der Waals surface area contributed by atoms with Gasteiger partial charge in [-0.15, -0.1) is 0 Å². The van der Waals surface area contributed by atoms with E-state index in [-0.39, 0.29) is 22.6 Å². The molecular formula is C18H22FN3O5S. The van der Waals surface area contributed by atoms with Crippen LogP contribution in [0.3, 0.4) is 0 Å². The Labute approximate surface area is 162 Å². The molecule has 152 valence electrons. The average molecular weight is 411 g/mol. The third kappa shape index (κ3) is 4.27. The highest BCUT2D eigenvalue weighted by atomic mass is 32.2. The smallest absolute Gasteiger partial charge is 0.337 e. The minimum Gasteiger partial charge on any atom is -0.487 e. The number of halogens is 1. The van der Waals surface area contributed by atoms with E-state index in [4.69, 9.17) is 4.74 Å². The maximum atomic E-state index is 14.5. The summed E-state index contributed by atoms with van der Waals surface area (Å²) in [5.74, 6) is -1.96. The second-order valence-electron chi connectivity index (χ2n) is 6.85. The number of nitrogens with one attached hydrogen (secondary N) is 1. The van der Waals surface area contributed by atoms with Gasteiger partial charge < -0.3 is 14.4 Å². The molecule has 0 spiro atoms. The Morgan fingerprint density at radius 2 is 2.00 bits per heavy atom. The van der Waals surface area contributed by atoms with Gasteiger partial charge in [-0.3, -0.25) is 4.72 Å². The van der Waals surface area contributed by atoms with E-state index in [1.807, 2.05) is 0 Å². The lowest BCUT2D eigenvalue weighted by molar-refractivity contribution is 0.0696. The molecule has 28 heavy (non-hydrogen) atoms. The van der Waals surface area contributed by atoms with Crippen molar-refractivity contribution in [2.45, 2.75) is 50.2 Å². The molecule has 0 bridgehead atoms. The number of hydrogen-bond donors (Lipinski definition) is 2. The molecule has 3 rings (SSSR count). The number of ether oxygens (including phenoxy) is 1. The fraction of sp³-hybridized carbons (Fsp3) is 0.444. The molecule has 1 aliphatic carbocycles. The summed E-state index contributed by atoms with van der Waals surface area (Å²) in [6.45, 7) is 1.62. The van der Waals surface area contributed by atoms with Crippen LogP contribution in [-0.2, 0) is 17.1 Å². The first-order valence-corrected chi connectivity index (χ1v) is 10.4. The van der Waals surface area contributed by atoms with Gasteiger partial charge in [0.2, 0.25) is 0 Å². The summed E-state index contributed by atoms with van der Waals surface area (Å²) in [5, 5.41) is 9.18. The van der Waals surface area contributed by atoms with Gasteiger partial charge in [0.15, 0.2) is 16.6 Å².